The number of carboxylic acid groups (broad SMARTS) is 1. The van der Waals surface area contributed by atoms with Crippen LogP contribution in [0.25, 0.3) is 5.57 Å². The Labute approximate surface area is 187 Å². The van der Waals surface area contributed by atoms with Gasteiger partial charge in [-0.15, -0.1) is 0 Å². The van der Waals surface area contributed by atoms with Crippen LogP contribution in [-0.4, -0.2) is 58.5 Å². The number of halogens is 1. The second-order valence-electron chi connectivity index (χ2n) is 8.21. The van der Waals surface area contributed by atoms with Crippen LogP contribution >= 0.6 is 11.6 Å². The minimum atomic E-state index is -1.24. The predicted octanol–water partition coefficient (Wildman–Crippen LogP) is 4.10. The maximum atomic E-state index is 12.4. The number of rotatable bonds is 9. The molecule has 0 radical (unpaired) electrons. The Bertz CT molecular complexity index is 887. The van der Waals surface area contributed by atoms with Gasteiger partial charge in [0.15, 0.2) is 5.78 Å². The summed E-state index contributed by atoms with van der Waals surface area (Å²) in [6.45, 7) is 7.63. The first-order valence-electron chi connectivity index (χ1n) is 10.1. The fourth-order valence-corrected chi connectivity index (χ4v) is 3.48. The number of nitrogens with zero attached hydrogens (tertiary/aromatic N) is 1. The molecule has 1 aromatic rings. The number of hydrogen-bond acceptors (Lipinski definition) is 6. The summed E-state index contributed by atoms with van der Waals surface area (Å²) in [7, 11) is 1.44. The molecular formula is C23H30ClNO6. The van der Waals surface area contributed by atoms with Crippen LogP contribution in [0.15, 0.2) is 36.2 Å². The second-order valence-corrected chi connectivity index (χ2v) is 8.65. The van der Waals surface area contributed by atoms with Gasteiger partial charge in [-0.3, -0.25) is 4.79 Å². The number of allylic oxidation sites excluding steroid dienone is 1. The summed E-state index contributed by atoms with van der Waals surface area (Å²) in [5.74, 6) is -0.854. The summed E-state index contributed by atoms with van der Waals surface area (Å²) in [6.07, 6.45) is 2.15. The Morgan fingerprint density at radius 2 is 1.97 bits per heavy atom. The van der Waals surface area contributed by atoms with Crippen molar-refractivity contribution >= 4 is 28.9 Å². The molecule has 1 aliphatic rings. The summed E-state index contributed by atoms with van der Waals surface area (Å²) < 4.78 is 11.2. The molecule has 2 unspecified atom stereocenters. The van der Waals surface area contributed by atoms with E-state index in [1.54, 1.807) is 25.1 Å². The highest BCUT2D eigenvalue weighted by molar-refractivity contribution is 6.31. The Kier molecular flexibility index (Phi) is 8.28. The minimum absolute atomic E-state index is 0.0809. The van der Waals surface area contributed by atoms with Gasteiger partial charge in [0.05, 0.1) is 12.7 Å². The van der Waals surface area contributed by atoms with Gasteiger partial charge in [-0.1, -0.05) is 18.5 Å². The third-order valence-corrected chi connectivity index (χ3v) is 5.07. The number of Topliss-reactive ketones (excluding diaryl/α,β-unsaturated/α-hetero) is 1. The summed E-state index contributed by atoms with van der Waals surface area (Å²) >= 11 is 6.16. The lowest BCUT2D eigenvalue weighted by Gasteiger charge is -2.35. The van der Waals surface area contributed by atoms with E-state index in [1.807, 2.05) is 20.8 Å². The monoisotopic (exact) mass is 451 g/mol. The molecule has 0 aromatic heterocycles. The molecule has 31 heavy (non-hydrogen) atoms. The lowest BCUT2D eigenvalue weighted by Crippen LogP contribution is -2.46. The maximum absolute atomic E-state index is 12.4. The van der Waals surface area contributed by atoms with E-state index in [-0.39, 0.29) is 18.8 Å². The Hall–Kier alpha value is -2.35. The van der Waals surface area contributed by atoms with E-state index in [4.69, 9.17) is 21.1 Å². The summed E-state index contributed by atoms with van der Waals surface area (Å²) in [6, 6.07) is 3.88. The average Bonchev–Trinajstić information content (AvgIpc) is 2.69. The molecule has 1 heterocycles. The molecule has 0 spiro atoms. The molecule has 8 heteroatoms. The van der Waals surface area contributed by atoms with Gasteiger partial charge in [-0.2, -0.15) is 0 Å². The fraction of sp³-hybridized carbons (Fsp3) is 0.478. The Balaban J connectivity index is 2.40. The minimum Gasteiger partial charge on any atom is -0.495 e. The highest BCUT2D eigenvalue weighted by atomic mass is 35.5. The Morgan fingerprint density at radius 3 is 2.52 bits per heavy atom. The van der Waals surface area contributed by atoms with Crippen LogP contribution in [0.3, 0.4) is 0 Å². The van der Waals surface area contributed by atoms with Crippen LogP contribution in [0, 0.1) is 0 Å². The molecule has 7 nitrogen and oxygen atoms in total. The number of benzene rings is 1. The molecule has 0 amide bonds. The zero-order valence-electron chi connectivity index (χ0n) is 18.5. The van der Waals surface area contributed by atoms with Crippen molar-refractivity contribution in [3.8, 4) is 0 Å². The number of carbonyl (C=O) groups excluding carboxylic acids is 1. The first kappa shape index (κ1) is 24.9. The van der Waals surface area contributed by atoms with Crippen molar-refractivity contribution in [3.63, 3.8) is 0 Å². The van der Waals surface area contributed by atoms with Crippen molar-refractivity contribution in [2.45, 2.75) is 58.4 Å². The molecule has 2 atom stereocenters. The van der Waals surface area contributed by atoms with Crippen LogP contribution in [0.2, 0.25) is 5.02 Å². The number of ketones is 1. The van der Waals surface area contributed by atoms with Gasteiger partial charge in [0.1, 0.15) is 18.0 Å². The average molecular weight is 452 g/mol. The number of aliphatic hydroxyl groups excluding tert-OH is 1. The maximum Gasteiger partial charge on any atom is 0.326 e. The van der Waals surface area contributed by atoms with Crippen LogP contribution < -0.4 is 0 Å². The lowest BCUT2D eigenvalue weighted by atomic mass is 9.93. The molecule has 170 valence electrons. The van der Waals surface area contributed by atoms with Crippen molar-refractivity contribution in [2.24, 2.45) is 0 Å². The Morgan fingerprint density at radius 1 is 1.29 bits per heavy atom. The second kappa shape index (κ2) is 10.3. The van der Waals surface area contributed by atoms with E-state index in [2.05, 4.69) is 0 Å². The smallest absolute Gasteiger partial charge is 0.326 e. The number of aliphatic hydroxyl groups is 1. The van der Waals surface area contributed by atoms with E-state index < -0.39 is 23.8 Å². The molecule has 2 rings (SSSR count). The van der Waals surface area contributed by atoms with Gasteiger partial charge in [0.25, 0.3) is 0 Å². The van der Waals surface area contributed by atoms with E-state index >= 15 is 0 Å². The highest BCUT2D eigenvalue weighted by Gasteiger charge is 2.33. The third-order valence-electron chi connectivity index (χ3n) is 4.84. The van der Waals surface area contributed by atoms with Crippen LogP contribution in [0.5, 0.6) is 0 Å². The first-order valence-corrected chi connectivity index (χ1v) is 10.5. The van der Waals surface area contributed by atoms with Crippen LogP contribution in [0.4, 0.5) is 0 Å². The van der Waals surface area contributed by atoms with Gasteiger partial charge in [-0.05, 0) is 50.6 Å². The first-order chi connectivity index (χ1) is 14.5. The van der Waals surface area contributed by atoms with E-state index in [0.29, 0.717) is 33.9 Å². The number of methoxy groups -OCH3 is 1. The van der Waals surface area contributed by atoms with Gasteiger partial charge >= 0.3 is 5.97 Å². The third kappa shape index (κ3) is 6.32. The van der Waals surface area contributed by atoms with E-state index in [0.717, 1.165) is 0 Å². The molecule has 0 saturated carbocycles. The molecule has 0 bridgehead atoms. The van der Waals surface area contributed by atoms with Gasteiger partial charge in [0, 0.05) is 41.8 Å². The van der Waals surface area contributed by atoms with Crippen molar-refractivity contribution < 1.29 is 29.3 Å². The lowest BCUT2D eigenvalue weighted by molar-refractivity contribution is -0.146. The number of carboxylic acids is 1. The summed E-state index contributed by atoms with van der Waals surface area (Å²) in [5, 5.41) is 20.9. The molecule has 2 N–H and O–H groups in total. The zero-order chi connectivity index (χ0) is 23.3. The normalized spacial score (nSPS) is 17.6. The van der Waals surface area contributed by atoms with E-state index in [9.17, 15) is 19.8 Å². The molecule has 1 aromatic carbocycles. The molecule has 0 aliphatic carbocycles. The van der Waals surface area contributed by atoms with Crippen molar-refractivity contribution in [1.82, 2.24) is 4.90 Å². The van der Waals surface area contributed by atoms with Gasteiger partial charge in [-0.25, -0.2) is 4.79 Å². The standard InChI is InChI=1S/C23H30ClNO6/c1-6-19(26)15-8-7-14(24)11-16(15)17-12-21(27)25(13-20(17)30-5)18(22(28)29)9-10-31-23(2,3)4/h7-8,11-13,18,21,27H,6,9-10H2,1-5H3,(H,28,29). The molecule has 0 saturated heterocycles. The summed E-state index contributed by atoms with van der Waals surface area (Å²) in [5.41, 5.74) is 1.05. The largest absolute Gasteiger partial charge is 0.495 e. The van der Waals surface area contributed by atoms with Crippen LogP contribution in [-0.2, 0) is 14.3 Å². The topological polar surface area (TPSA) is 96.3 Å². The number of carbonyl (C=O) groups is 2. The molecule has 0 fully saturated rings. The van der Waals surface area contributed by atoms with Crippen molar-refractivity contribution in [3.05, 3.63) is 52.4 Å². The highest BCUT2D eigenvalue weighted by Crippen LogP contribution is 2.34. The summed E-state index contributed by atoms with van der Waals surface area (Å²) in [4.78, 5) is 25.7. The van der Waals surface area contributed by atoms with Crippen molar-refractivity contribution in [2.75, 3.05) is 13.7 Å². The SMILES string of the molecule is CCC(=O)c1ccc(Cl)cc1C1=CC(O)N(C(CCOC(C)(C)C)C(=O)O)C=C1OC. The van der Waals surface area contributed by atoms with Crippen LogP contribution in [0.1, 0.15) is 56.5 Å². The molecule has 1 aliphatic heterocycles. The van der Waals surface area contributed by atoms with E-state index in [1.165, 1.54) is 24.3 Å². The quantitative estimate of drug-likeness (QED) is 0.545. The number of hydrogen-bond donors (Lipinski definition) is 2. The van der Waals surface area contributed by atoms with Gasteiger partial charge in [0.2, 0.25) is 0 Å². The molecular weight excluding hydrogens is 422 g/mol. The van der Waals surface area contributed by atoms with Gasteiger partial charge < -0.3 is 24.6 Å². The predicted molar refractivity (Wildman–Crippen MR) is 119 cm³/mol. The number of ether oxygens (including phenoxy) is 2. The van der Waals surface area contributed by atoms with Crippen molar-refractivity contribution in [1.29, 1.82) is 0 Å². The fourth-order valence-electron chi connectivity index (χ4n) is 3.31. The number of aliphatic carboxylic acids is 1. The zero-order valence-corrected chi connectivity index (χ0v) is 19.3.